The van der Waals surface area contributed by atoms with E-state index in [1.54, 1.807) is 12.1 Å². The second-order valence-electron chi connectivity index (χ2n) is 6.67. The number of aliphatic hydroxyl groups is 1. The van der Waals surface area contributed by atoms with E-state index < -0.39 is 5.60 Å². The Hall–Kier alpha value is -2.51. The van der Waals surface area contributed by atoms with Gasteiger partial charge >= 0.3 is 0 Å². The summed E-state index contributed by atoms with van der Waals surface area (Å²) in [4.78, 5) is 14.2. The fraction of sp³-hybridized carbons (Fsp3) is 0.421. The maximum absolute atomic E-state index is 12.7. The minimum atomic E-state index is -1.30. The van der Waals surface area contributed by atoms with Gasteiger partial charge in [-0.3, -0.25) is 4.79 Å². The fourth-order valence-electron chi connectivity index (χ4n) is 2.78. The van der Waals surface area contributed by atoms with Crippen LogP contribution in [0, 0.1) is 13.8 Å². The highest BCUT2D eigenvalue weighted by Gasteiger charge is 2.36. The SMILES string of the molecule is Cc1cccc(OC[C@]2(O)COCCN(C(=O)c3ccc(C)nn3)C2)c1. The summed E-state index contributed by atoms with van der Waals surface area (Å²) in [5, 5.41) is 18.8. The Morgan fingerprint density at radius 2 is 2.15 bits per heavy atom. The molecule has 1 aromatic carbocycles. The van der Waals surface area contributed by atoms with E-state index in [1.165, 1.54) is 4.90 Å². The molecule has 1 aliphatic rings. The zero-order valence-electron chi connectivity index (χ0n) is 15.0. The molecule has 1 saturated heterocycles. The van der Waals surface area contributed by atoms with Crippen molar-refractivity contribution in [2.75, 3.05) is 32.9 Å². The number of amides is 1. The van der Waals surface area contributed by atoms with Crippen molar-refractivity contribution in [1.82, 2.24) is 15.1 Å². The number of carbonyl (C=O) groups is 1. The number of hydrogen-bond donors (Lipinski definition) is 1. The number of hydrogen-bond acceptors (Lipinski definition) is 6. The van der Waals surface area contributed by atoms with Crippen molar-refractivity contribution in [3.05, 3.63) is 53.3 Å². The molecule has 1 atom stereocenters. The van der Waals surface area contributed by atoms with Gasteiger partial charge in [-0.1, -0.05) is 12.1 Å². The maximum Gasteiger partial charge on any atom is 0.274 e. The van der Waals surface area contributed by atoms with Gasteiger partial charge in [0.15, 0.2) is 5.69 Å². The number of ether oxygens (including phenoxy) is 2. The lowest BCUT2D eigenvalue weighted by atomic mass is 10.1. The average molecular weight is 357 g/mol. The number of carbonyl (C=O) groups excluding carboxylic acids is 1. The second kappa shape index (κ2) is 7.80. The highest BCUT2D eigenvalue weighted by Crippen LogP contribution is 2.18. The van der Waals surface area contributed by atoms with E-state index in [9.17, 15) is 9.90 Å². The molecule has 0 spiro atoms. The first-order chi connectivity index (χ1) is 12.5. The third-order valence-electron chi connectivity index (χ3n) is 4.16. The summed E-state index contributed by atoms with van der Waals surface area (Å²) in [5.74, 6) is 0.391. The number of benzene rings is 1. The molecule has 3 rings (SSSR count). The van der Waals surface area contributed by atoms with E-state index >= 15 is 0 Å². The molecule has 0 aliphatic carbocycles. The third kappa shape index (κ3) is 4.56. The molecule has 0 unspecified atom stereocenters. The van der Waals surface area contributed by atoms with Gasteiger partial charge < -0.3 is 19.5 Å². The minimum absolute atomic E-state index is 0.0276. The summed E-state index contributed by atoms with van der Waals surface area (Å²) in [6.45, 7) is 4.73. The van der Waals surface area contributed by atoms with Crippen LogP contribution in [0.1, 0.15) is 21.7 Å². The third-order valence-corrected chi connectivity index (χ3v) is 4.16. The van der Waals surface area contributed by atoms with Crippen LogP contribution in [0.2, 0.25) is 0 Å². The molecule has 1 aromatic heterocycles. The quantitative estimate of drug-likeness (QED) is 0.890. The lowest BCUT2D eigenvalue weighted by Crippen LogP contribution is -2.50. The molecule has 2 heterocycles. The fourth-order valence-corrected chi connectivity index (χ4v) is 2.78. The Balaban J connectivity index is 1.69. The molecule has 1 amide bonds. The summed E-state index contributed by atoms with van der Waals surface area (Å²) in [6.07, 6.45) is 0. The first kappa shape index (κ1) is 18.3. The van der Waals surface area contributed by atoms with Crippen LogP contribution in [0.3, 0.4) is 0 Å². The van der Waals surface area contributed by atoms with Crippen LogP contribution in [0.4, 0.5) is 0 Å². The Kier molecular flexibility index (Phi) is 5.49. The summed E-state index contributed by atoms with van der Waals surface area (Å²) in [6, 6.07) is 11.0. The molecule has 7 heteroatoms. The standard InChI is InChI=1S/C19H23N3O4/c1-14-4-3-5-16(10-14)26-13-19(24)11-22(8-9-25-12-19)18(23)17-7-6-15(2)20-21-17/h3-7,10,24H,8-9,11-13H2,1-2H3/t19-/m1/s1. The van der Waals surface area contributed by atoms with Crippen LogP contribution in [0.15, 0.2) is 36.4 Å². The number of β-amino-alcohol motifs (C(OH)–C–C–N with tert-alkyl or cyclic N) is 1. The van der Waals surface area contributed by atoms with Crippen LogP contribution in [0.5, 0.6) is 5.75 Å². The molecule has 2 aromatic rings. The zero-order chi connectivity index (χ0) is 18.6. The lowest BCUT2D eigenvalue weighted by Gasteiger charge is -2.30. The van der Waals surface area contributed by atoms with Crippen molar-refractivity contribution in [2.45, 2.75) is 19.4 Å². The van der Waals surface area contributed by atoms with E-state index in [-0.39, 0.29) is 31.4 Å². The smallest absolute Gasteiger partial charge is 0.274 e. The Labute approximate surface area is 152 Å². The summed E-state index contributed by atoms with van der Waals surface area (Å²) in [7, 11) is 0. The van der Waals surface area contributed by atoms with Crippen molar-refractivity contribution in [3.8, 4) is 5.75 Å². The zero-order valence-corrected chi connectivity index (χ0v) is 15.0. The normalized spacial score (nSPS) is 20.5. The molecule has 1 aliphatic heterocycles. The topological polar surface area (TPSA) is 84.8 Å². The van der Waals surface area contributed by atoms with Gasteiger partial charge in [0.05, 0.1) is 25.5 Å². The van der Waals surface area contributed by atoms with Crippen molar-refractivity contribution in [2.24, 2.45) is 0 Å². The van der Waals surface area contributed by atoms with Gasteiger partial charge in [-0.05, 0) is 43.7 Å². The van der Waals surface area contributed by atoms with Crippen molar-refractivity contribution in [3.63, 3.8) is 0 Å². The summed E-state index contributed by atoms with van der Waals surface area (Å²) < 4.78 is 11.2. The highest BCUT2D eigenvalue weighted by molar-refractivity contribution is 5.92. The predicted octanol–water partition coefficient (Wildman–Crippen LogP) is 1.38. The molecular formula is C19H23N3O4. The summed E-state index contributed by atoms with van der Waals surface area (Å²) >= 11 is 0. The molecule has 7 nitrogen and oxygen atoms in total. The lowest BCUT2D eigenvalue weighted by molar-refractivity contribution is -0.0621. The Bertz CT molecular complexity index is 766. The first-order valence-corrected chi connectivity index (χ1v) is 8.54. The number of nitrogens with zero attached hydrogens (tertiary/aromatic N) is 3. The minimum Gasteiger partial charge on any atom is -0.490 e. The van der Waals surface area contributed by atoms with Gasteiger partial charge in [0.25, 0.3) is 5.91 Å². The number of aromatic nitrogens is 2. The second-order valence-corrected chi connectivity index (χ2v) is 6.67. The predicted molar refractivity (Wildman–Crippen MR) is 95.1 cm³/mol. The van der Waals surface area contributed by atoms with Crippen LogP contribution in [-0.2, 0) is 4.74 Å². The van der Waals surface area contributed by atoms with Crippen molar-refractivity contribution >= 4 is 5.91 Å². The molecule has 1 fully saturated rings. The van der Waals surface area contributed by atoms with Gasteiger partial charge in [-0.25, -0.2) is 0 Å². The van der Waals surface area contributed by atoms with Gasteiger partial charge in [0.2, 0.25) is 0 Å². The monoisotopic (exact) mass is 357 g/mol. The van der Waals surface area contributed by atoms with Gasteiger partial charge in [-0.15, -0.1) is 5.10 Å². The van der Waals surface area contributed by atoms with E-state index in [0.717, 1.165) is 11.3 Å². The number of rotatable bonds is 4. The van der Waals surface area contributed by atoms with Crippen molar-refractivity contribution < 1.29 is 19.4 Å². The Morgan fingerprint density at radius 3 is 2.88 bits per heavy atom. The van der Waals surface area contributed by atoms with Crippen LogP contribution < -0.4 is 4.74 Å². The molecule has 1 N–H and O–H groups in total. The molecule has 0 bridgehead atoms. The van der Waals surface area contributed by atoms with Crippen LogP contribution in [0.25, 0.3) is 0 Å². The Morgan fingerprint density at radius 1 is 1.31 bits per heavy atom. The maximum atomic E-state index is 12.7. The van der Waals surface area contributed by atoms with Crippen LogP contribution >= 0.6 is 0 Å². The van der Waals surface area contributed by atoms with E-state index in [4.69, 9.17) is 9.47 Å². The molecule has 138 valence electrons. The molecule has 0 saturated carbocycles. The van der Waals surface area contributed by atoms with E-state index in [1.807, 2.05) is 38.1 Å². The van der Waals surface area contributed by atoms with Gasteiger partial charge in [0.1, 0.15) is 18.0 Å². The average Bonchev–Trinajstić information content (AvgIpc) is 2.83. The van der Waals surface area contributed by atoms with Crippen molar-refractivity contribution in [1.29, 1.82) is 0 Å². The van der Waals surface area contributed by atoms with Gasteiger partial charge in [-0.2, -0.15) is 5.10 Å². The van der Waals surface area contributed by atoms with Gasteiger partial charge in [0, 0.05) is 6.54 Å². The van der Waals surface area contributed by atoms with E-state index in [2.05, 4.69) is 10.2 Å². The number of aryl methyl sites for hydroxylation is 2. The molecule has 0 radical (unpaired) electrons. The first-order valence-electron chi connectivity index (χ1n) is 8.54. The molecular weight excluding hydrogens is 334 g/mol. The van der Waals surface area contributed by atoms with E-state index in [0.29, 0.717) is 18.9 Å². The largest absolute Gasteiger partial charge is 0.490 e. The summed E-state index contributed by atoms with van der Waals surface area (Å²) in [5.41, 5.74) is 0.762. The van der Waals surface area contributed by atoms with Crippen LogP contribution in [-0.4, -0.2) is 64.6 Å². The molecule has 26 heavy (non-hydrogen) atoms. The highest BCUT2D eigenvalue weighted by atomic mass is 16.5.